The number of para-hydroxylation sites is 1. The molecule has 2 aromatic carbocycles. The number of nitro groups is 1. The highest BCUT2D eigenvalue weighted by molar-refractivity contribution is 8.01. The summed E-state index contributed by atoms with van der Waals surface area (Å²) < 4.78 is 13.3. The SMILES string of the molecule is O=C(C[C@@H]1Sc2ccccc2NC1=O)Nc1ccc(F)c([N+](=O)[O-])c1. The molecule has 3 rings (SSSR count). The quantitative estimate of drug-likeness (QED) is 0.643. The molecule has 0 aromatic heterocycles. The minimum Gasteiger partial charge on any atom is -0.326 e. The van der Waals surface area contributed by atoms with E-state index in [0.717, 1.165) is 17.0 Å². The molecule has 0 bridgehead atoms. The average molecular weight is 361 g/mol. The Morgan fingerprint density at radius 3 is 2.84 bits per heavy atom. The molecule has 128 valence electrons. The Hall–Kier alpha value is -2.94. The summed E-state index contributed by atoms with van der Waals surface area (Å²) in [6, 6.07) is 10.3. The third-order valence-electron chi connectivity index (χ3n) is 3.50. The number of hydrogen-bond donors (Lipinski definition) is 2. The fourth-order valence-corrected chi connectivity index (χ4v) is 3.45. The number of benzene rings is 2. The topological polar surface area (TPSA) is 101 Å². The minimum absolute atomic E-state index is 0.0970. The van der Waals surface area contributed by atoms with Crippen LogP contribution in [0, 0.1) is 15.9 Å². The molecule has 1 aliphatic rings. The minimum atomic E-state index is -0.984. The predicted molar refractivity (Wildman–Crippen MR) is 91.0 cm³/mol. The van der Waals surface area contributed by atoms with Crippen molar-refractivity contribution in [2.24, 2.45) is 0 Å². The summed E-state index contributed by atoms with van der Waals surface area (Å²) in [4.78, 5) is 34.9. The van der Waals surface area contributed by atoms with Crippen LogP contribution in [0.5, 0.6) is 0 Å². The van der Waals surface area contributed by atoms with Gasteiger partial charge in [0.25, 0.3) is 0 Å². The molecule has 0 saturated heterocycles. The number of carbonyl (C=O) groups excluding carboxylic acids is 2. The fourth-order valence-electron chi connectivity index (χ4n) is 2.34. The van der Waals surface area contributed by atoms with Gasteiger partial charge in [-0.2, -0.15) is 4.39 Å². The lowest BCUT2D eigenvalue weighted by Gasteiger charge is -2.23. The Bertz CT molecular complexity index is 874. The largest absolute Gasteiger partial charge is 0.326 e. The van der Waals surface area contributed by atoms with Gasteiger partial charge >= 0.3 is 5.69 Å². The molecule has 1 aliphatic heterocycles. The van der Waals surface area contributed by atoms with Gasteiger partial charge < -0.3 is 10.6 Å². The summed E-state index contributed by atoms with van der Waals surface area (Å²) in [6.07, 6.45) is -0.115. The molecule has 7 nitrogen and oxygen atoms in total. The number of thioether (sulfide) groups is 1. The molecule has 9 heteroatoms. The van der Waals surface area contributed by atoms with Crippen molar-refractivity contribution < 1.29 is 18.9 Å². The third-order valence-corrected chi connectivity index (χ3v) is 4.78. The Balaban J connectivity index is 1.68. The van der Waals surface area contributed by atoms with Crippen molar-refractivity contribution in [3.05, 3.63) is 58.4 Å². The van der Waals surface area contributed by atoms with Gasteiger partial charge in [0.1, 0.15) is 0 Å². The van der Waals surface area contributed by atoms with E-state index < -0.39 is 27.6 Å². The first-order chi connectivity index (χ1) is 11.9. The molecule has 0 aliphatic carbocycles. The van der Waals surface area contributed by atoms with Crippen molar-refractivity contribution in [2.45, 2.75) is 16.6 Å². The second-order valence-electron chi connectivity index (χ2n) is 5.27. The molecule has 0 unspecified atom stereocenters. The summed E-state index contributed by atoms with van der Waals surface area (Å²) >= 11 is 1.27. The van der Waals surface area contributed by atoms with E-state index in [9.17, 15) is 24.1 Å². The lowest BCUT2D eigenvalue weighted by molar-refractivity contribution is -0.387. The van der Waals surface area contributed by atoms with Crippen LogP contribution in [0.1, 0.15) is 6.42 Å². The molecule has 0 radical (unpaired) electrons. The number of rotatable bonds is 4. The molecular weight excluding hydrogens is 349 g/mol. The maximum atomic E-state index is 13.3. The number of halogens is 1. The first-order valence-electron chi connectivity index (χ1n) is 7.24. The standard InChI is InChI=1S/C16H12FN3O4S/c17-10-6-5-9(7-12(10)20(23)24)18-15(21)8-14-16(22)19-11-3-1-2-4-13(11)25-14/h1-7,14H,8H2,(H,18,21)(H,19,22)/t14-/m0/s1. The zero-order valence-electron chi connectivity index (χ0n) is 12.7. The van der Waals surface area contributed by atoms with E-state index in [1.807, 2.05) is 12.1 Å². The zero-order chi connectivity index (χ0) is 18.0. The van der Waals surface area contributed by atoms with E-state index in [2.05, 4.69) is 10.6 Å². The van der Waals surface area contributed by atoms with Gasteiger partial charge in [-0.1, -0.05) is 12.1 Å². The number of nitrogens with one attached hydrogen (secondary N) is 2. The highest BCUT2D eigenvalue weighted by Crippen LogP contribution is 2.36. The summed E-state index contributed by atoms with van der Waals surface area (Å²) in [5.74, 6) is -1.77. The first kappa shape index (κ1) is 16.9. The smallest absolute Gasteiger partial charge is 0.306 e. The van der Waals surface area contributed by atoms with Gasteiger partial charge in [-0.25, -0.2) is 0 Å². The maximum absolute atomic E-state index is 13.3. The number of nitro benzene ring substituents is 1. The molecular formula is C16H12FN3O4S. The molecule has 1 atom stereocenters. The number of anilines is 2. The van der Waals surface area contributed by atoms with Gasteiger partial charge in [0, 0.05) is 23.1 Å². The zero-order valence-corrected chi connectivity index (χ0v) is 13.5. The molecule has 0 saturated carbocycles. The number of carbonyl (C=O) groups is 2. The van der Waals surface area contributed by atoms with Crippen molar-refractivity contribution in [2.75, 3.05) is 10.6 Å². The molecule has 1 heterocycles. The lowest BCUT2D eigenvalue weighted by atomic mass is 10.2. The number of fused-ring (bicyclic) bond motifs is 1. The second-order valence-corrected chi connectivity index (χ2v) is 6.51. The fraction of sp³-hybridized carbons (Fsp3) is 0.125. The Morgan fingerprint density at radius 2 is 2.08 bits per heavy atom. The first-order valence-corrected chi connectivity index (χ1v) is 8.12. The molecule has 2 N–H and O–H groups in total. The van der Waals surface area contributed by atoms with Crippen molar-refractivity contribution in [1.82, 2.24) is 0 Å². The van der Waals surface area contributed by atoms with Crippen LogP contribution in [0.4, 0.5) is 21.5 Å². The van der Waals surface area contributed by atoms with Crippen LogP contribution in [0.15, 0.2) is 47.4 Å². The normalized spacial score (nSPS) is 15.9. The van der Waals surface area contributed by atoms with Crippen LogP contribution in [0.25, 0.3) is 0 Å². The summed E-state index contributed by atoms with van der Waals surface area (Å²) in [7, 11) is 0. The van der Waals surface area contributed by atoms with Crippen molar-refractivity contribution in [1.29, 1.82) is 0 Å². The maximum Gasteiger partial charge on any atom is 0.306 e. The third kappa shape index (κ3) is 3.77. The van der Waals surface area contributed by atoms with Crippen LogP contribution in [-0.2, 0) is 9.59 Å². The molecule has 25 heavy (non-hydrogen) atoms. The van der Waals surface area contributed by atoms with E-state index in [-0.39, 0.29) is 18.0 Å². The van der Waals surface area contributed by atoms with E-state index in [4.69, 9.17) is 0 Å². The Morgan fingerprint density at radius 1 is 1.32 bits per heavy atom. The van der Waals surface area contributed by atoms with Gasteiger partial charge in [0.2, 0.25) is 17.6 Å². The van der Waals surface area contributed by atoms with E-state index in [0.29, 0.717) is 5.69 Å². The van der Waals surface area contributed by atoms with Crippen LogP contribution in [-0.4, -0.2) is 22.0 Å². The van der Waals surface area contributed by atoms with Crippen molar-refractivity contribution >= 4 is 40.6 Å². The van der Waals surface area contributed by atoms with Crippen LogP contribution in [0.2, 0.25) is 0 Å². The van der Waals surface area contributed by atoms with Crippen LogP contribution >= 0.6 is 11.8 Å². The van der Waals surface area contributed by atoms with E-state index in [1.54, 1.807) is 12.1 Å². The van der Waals surface area contributed by atoms with Crippen LogP contribution in [0.3, 0.4) is 0 Å². The molecule has 2 amide bonds. The van der Waals surface area contributed by atoms with Gasteiger partial charge in [-0.05, 0) is 24.3 Å². The lowest BCUT2D eigenvalue weighted by Crippen LogP contribution is -2.32. The van der Waals surface area contributed by atoms with Gasteiger partial charge in [-0.3, -0.25) is 19.7 Å². The summed E-state index contributed by atoms with van der Waals surface area (Å²) in [5, 5.41) is 15.3. The summed E-state index contributed by atoms with van der Waals surface area (Å²) in [6.45, 7) is 0. The Labute approximate surface area is 145 Å². The Kier molecular flexibility index (Phi) is 4.66. The van der Waals surface area contributed by atoms with Crippen LogP contribution < -0.4 is 10.6 Å². The van der Waals surface area contributed by atoms with E-state index in [1.165, 1.54) is 17.8 Å². The second kappa shape index (κ2) is 6.89. The predicted octanol–water partition coefficient (Wildman–Crippen LogP) is 3.18. The number of nitrogens with zero attached hydrogens (tertiary/aromatic N) is 1. The molecule has 0 spiro atoms. The van der Waals surface area contributed by atoms with Gasteiger partial charge in [0.05, 0.1) is 15.9 Å². The average Bonchev–Trinajstić information content (AvgIpc) is 2.57. The highest BCUT2D eigenvalue weighted by Gasteiger charge is 2.29. The number of hydrogen-bond acceptors (Lipinski definition) is 5. The monoisotopic (exact) mass is 361 g/mol. The summed E-state index contributed by atoms with van der Waals surface area (Å²) in [5.41, 5.74) is 0.0690. The van der Waals surface area contributed by atoms with Crippen molar-refractivity contribution in [3.8, 4) is 0 Å². The van der Waals surface area contributed by atoms with Gasteiger partial charge in [-0.15, -0.1) is 11.8 Å². The molecule has 2 aromatic rings. The van der Waals surface area contributed by atoms with E-state index >= 15 is 0 Å². The van der Waals surface area contributed by atoms with Gasteiger partial charge in [0.15, 0.2) is 0 Å². The van der Waals surface area contributed by atoms with Crippen molar-refractivity contribution in [3.63, 3.8) is 0 Å². The number of amides is 2. The molecule has 0 fully saturated rings. The highest BCUT2D eigenvalue weighted by atomic mass is 32.2.